The molecule has 0 saturated heterocycles. The fourth-order valence-electron chi connectivity index (χ4n) is 2.15. The minimum absolute atomic E-state index is 0.145. The first-order valence-electron chi connectivity index (χ1n) is 7.18. The van der Waals surface area contributed by atoms with E-state index in [1.54, 1.807) is 43.3 Å². The Morgan fingerprint density at radius 1 is 1.04 bits per heavy atom. The lowest BCUT2D eigenvalue weighted by Crippen LogP contribution is -2.22. The molecule has 0 saturated carbocycles. The Morgan fingerprint density at radius 2 is 1.65 bits per heavy atom. The van der Waals surface area contributed by atoms with Gasteiger partial charge in [-0.1, -0.05) is 48.0 Å². The van der Waals surface area contributed by atoms with Crippen LogP contribution in [0.15, 0.2) is 48.5 Å². The summed E-state index contributed by atoms with van der Waals surface area (Å²) < 4.78 is 4.86. The van der Waals surface area contributed by atoms with Gasteiger partial charge in [-0.25, -0.2) is 4.79 Å². The van der Waals surface area contributed by atoms with Gasteiger partial charge in [-0.3, -0.25) is 4.79 Å². The van der Waals surface area contributed by atoms with Gasteiger partial charge in [-0.05, 0) is 19.9 Å². The topological polar surface area (TPSA) is 79.8 Å². The van der Waals surface area contributed by atoms with Gasteiger partial charge in [0.15, 0.2) is 5.78 Å². The zero-order valence-electron chi connectivity index (χ0n) is 12.9. The third-order valence-electron chi connectivity index (χ3n) is 3.31. The van der Waals surface area contributed by atoms with Crippen LogP contribution in [-0.2, 0) is 9.53 Å². The first-order chi connectivity index (χ1) is 11.1. The molecule has 0 unspecified atom stereocenters. The lowest BCUT2D eigenvalue weighted by molar-refractivity contribution is -0.139. The second kappa shape index (κ2) is 7.29. The molecule has 2 aromatic rings. The van der Waals surface area contributed by atoms with Gasteiger partial charge >= 0.3 is 11.7 Å². The molecule has 23 heavy (non-hydrogen) atoms. The van der Waals surface area contributed by atoms with Crippen LogP contribution in [0.3, 0.4) is 0 Å². The number of hydrogen-bond acceptors (Lipinski definition) is 3. The van der Waals surface area contributed by atoms with E-state index in [0.717, 1.165) is 5.56 Å². The predicted octanol–water partition coefficient (Wildman–Crippen LogP) is 2.81. The molecule has 0 radical (unpaired) electrons. The third kappa shape index (κ3) is 3.59. The summed E-state index contributed by atoms with van der Waals surface area (Å²) in [7, 11) is 0. The summed E-state index contributed by atoms with van der Waals surface area (Å²) in [4.78, 5) is 27.6. The molecule has 116 valence electrons. The van der Waals surface area contributed by atoms with Crippen molar-refractivity contribution in [3.05, 3.63) is 76.3 Å². The number of nitrogens with zero attached hydrogens (tertiary/aromatic N) is 2. The van der Waals surface area contributed by atoms with Crippen LogP contribution in [0.1, 0.15) is 34.0 Å². The van der Waals surface area contributed by atoms with Gasteiger partial charge in [-0.15, -0.1) is 0 Å². The standard InChI is InChI=1S/C18H16N2O3/c1-3-23-18(22)16(20-19)14-6-4-5-7-15(14)17(21)13-10-8-12(2)9-11-13/h4-11H,3H2,1-2H3. The van der Waals surface area contributed by atoms with Crippen molar-refractivity contribution in [1.82, 2.24) is 0 Å². The molecule has 0 heterocycles. The normalized spacial score (nSPS) is 9.83. The fourth-order valence-corrected chi connectivity index (χ4v) is 2.15. The Bertz CT molecular complexity index is 788. The smallest absolute Gasteiger partial charge is 0.422 e. The number of rotatable bonds is 5. The molecule has 0 N–H and O–H groups in total. The molecule has 0 amide bonds. The molecule has 5 nitrogen and oxygen atoms in total. The quantitative estimate of drug-likeness (QED) is 0.280. The van der Waals surface area contributed by atoms with Gasteiger partial charge in [-0.2, -0.15) is 4.79 Å². The summed E-state index contributed by atoms with van der Waals surface area (Å²) in [5.41, 5.74) is 10.9. The number of esters is 1. The molecule has 0 bridgehead atoms. The molecular weight excluding hydrogens is 292 g/mol. The monoisotopic (exact) mass is 308 g/mol. The van der Waals surface area contributed by atoms with E-state index in [1.807, 2.05) is 19.1 Å². The average Bonchev–Trinajstić information content (AvgIpc) is 2.56. The zero-order valence-corrected chi connectivity index (χ0v) is 12.9. The number of benzene rings is 2. The second-order valence-electron chi connectivity index (χ2n) is 4.91. The highest BCUT2D eigenvalue weighted by Gasteiger charge is 2.29. The number of ether oxygens (including phenoxy) is 1. The highest BCUT2D eigenvalue weighted by atomic mass is 16.5. The van der Waals surface area contributed by atoms with E-state index >= 15 is 0 Å². The van der Waals surface area contributed by atoms with Crippen molar-refractivity contribution in [1.29, 1.82) is 0 Å². The molecule has 0 aliphatic heterocycles. The first-order valence-corrected chi connectivity index (χ1v) is 7.18. The van der Waals surface area contributed by atoms with E-state index in [1.165, 1.54) is 0 Å². The maximum atomic E-state index is 12.7. The third-order valence-corrected chi connectivity index (χ3v) is 3.31. The number of carbonyl (C=O) groups excluding carboxylic acids is 2. The van der Waals surface area contributed by atoms with E-state index < -0.39 is 5.97 Å². The van der Waals surface area contributed by atoms with E-state index in [0.29, 0.717) is 5.56 Å². The Hall–Kier alpha value is -3.04. The number of aryl methyl sites for hydroxylation is 1. The number of ketones is 1. The van der Waals surface area contributed by atoms with Gasteiger partial charge in [0.2, 0.25) is 0 Å². The molecule has 0 aromatic heterocycles. The SMILES string of the molecule is CCOC(=O)C(=[N+]=[N-])c1ccccc1C(=O)c1ccc(C)cc1. The molecule has 2 aromatic carbocycles. The first kappa shape index (κ1) is 16.3. The van der Waals surface area contributed by atoms with Crippen molar-refractivity contribution in [2.75, 3.05) is 6.61 Å². The molecule has 0 fully saturated rings. The largest absolute Gasteiger partial charge is 0.457 e. The van der Waals surface area contributed by atoms with Gasteiger partial charge in [0.25, 0.3) is 0 Å². The van der Waals surface area contributed by atoms with E-state index in [9.17, 15) is 9.59 Å². The zero-order chi connectivity index (χ0) is 16.8. The fraction of sp³-hybridized carbons (Fsp3) is 0.167. The van der Waals surface area contributed by atoms with Crippen molar-refractivity contribution in [2.45, 2.75) is 13.8 Å². The summed E-state index contributed by atoms with van der Waals surface area (Å²) >= 11 is 0. The summed E-state index contributed by atoms with van der Waals surface area (Å²) in [5, 5.41) is 0. The summed E-state index contributed by atoms with van der Waals surface area (Å²) in [6.45, 7) is 3.72. The van der Waals surface area contributed by atoms with Crippen LogP contribution < -0.4 is 0 Å². The molecular formula is C18H16N2O3. The van der Waals surface area contributed by atoms with Crippen LogP contribution in [-0.4, -0.2) is 28.9 Å². The van der Waals surface area contributed by atoms with Crippen molar-refractivity contribution < 1.29 is 19.1 Å². The Labute approximate surface area is 134 Å². The summed E-state index contributed by atoms with van der Waals surface area (Å²) in [6, 6.07) is 13.6. The lowest BCUT2D eigenvalue weighted by atomic mass is 9.95. The molecule has 0 atom stereocenters. The van der Waals surface area contributed by atoms with Crippen LogP contribution in [0, 0.1) is 6.92 Å². The highest BCUT2D eigenvalue weighted by Crippen LogP contribution is 2.16. The number of carbonyl (C=O) groups is 2. The average molecular weight is 308 g/mol. The molecule has 0 aliphatic carbocycles. The minimum Gasteiger partial charge on any atom is -0.457 e. The van der Waals surface area contributed by atoms with Crippen molar-refractivity contribution in [3.8, 4) is 0 Å². The van der Waals surface area contributed by atoms with Crippen LogP contribution in [0.5, 0.6) is 0 Å². The van der Waals surface area contributed by atoms with E-state index in [4.69, 9.17) is 10.3 Å². The van der Waals surface area contributed by atoms with Crippen molar-refractivity contribution >= 4 is 17.5 Å². The molecule has 0 spiro atoms. The van der Waals surface area contributed by atoms with Crippen LogP contribution in [0.2, 0.25) is 0 Å². The van der Waals surface area contributed by atoms with Crippen molar-refractivity contribution in [3.63, 3.8) is 0 Å². The second-order valence-corrected chi connectivity index (χ2v) is 4.91. The van der Waals surface area contributed by atoms with Crippen molar-refractivity contribution in [2.24, 2.45) is 0 Å². The van der Waals surface area contributed by atoms with Gasteiger partial charge in [0, 0.05) is 11.1 Å². The van der Waals surface area contributed by atoms with Gasteiger partial charge in [0.1, 0.15) is 0 Å². The van der Waals surface area contributed by atoms with E-state index in [2.05, 4.69) is 4.79 Å². The molecule has 2 rings (SSSR count). The molecule has 0 aliphatic rings. The molecule has 5 heteroatoms. The highest BCUT2D eigenvalue weighted by molar-refractivity contribution is 6.42. The maximum absolute atomic E-state index is 12.7. The van der Waals surface area contributed by atoms with Gasteiger partial charge in [0.05, 0.1) is 12.2 Å². The Morgan fingerprint density at radius 3 is 2.22 bits per heavy atom. The lowest BCUT2D eigenvalue weighted by Gasteiger charge is -2.06. The maximum Gasteiger partial charge on any atom is 0.422 e. The Balaban J connectivity index is 2.49. The van der Waals surface area contributed by atoms with Gasteiger partial charge < -0.3 is 10.3 Å². The van der Waals surface area contributed by atoms with Crippen LogP contribution in [0.4, 0.5) is 0 Å². The van der Waals surface area contributed by atoms with Crippen LogP contribution in [0.25, 0.3) is 5.53 Å². The minimum atomic E-state index is -0.779. The Kier molecular flexibility index (Phi) is 5.18. The van der Waals surface area contributed by atoms with Crippen LogP contribution >= 0.6 is 0 Å². The van der Waals surface area contributed by atoms with E-state index in [-0.39, 0.29) is 29.2 Å². The number of hydrogen-bond donors (Lipinski definition) is 0. The predicted molar refractivity (Wildman–Crippen MR) is 85.4 cm³/mol. The summed E-state index contributed by atoms with van der Waals surface area (Å²) in [6.07, 6.45) is 0. The summed E-state index contributed by atoms with van der Waals surface area (Å²) in [5.74, 6) is -1.04.